The van der Waals surface area contributed by atoms with Crippen molar-refractivity contribution in [1.82, 2.24) is 14.4 Å². The Bertz CT molecular complexity index is 521. The normalized spacial score (nSPS) is 16.1. The van der Waals surface area contributed by atoms with Gasteiger partial charge in [-0.2, -0.15) is 0 Å². The molecule has 6 heteroatoms. The molecule has 0 spiro atoms. The molecule has 0 radical (unpaired) electrons. The molecule has 2 amide bonds. The van der Waals surface area contributed by atoms with Gasteiger partial charge in [0.15, 0.2) is 5.78 Å². The summed E-state index contributed by atoms with van der Waals surface area (Å²) in [6, 6.07) is 1.71. The van der Waals surface area contributed by atoms with Crippen molar-refractivity contribution in [2.45, 2.75) is 6.92 Å². The molecule has 19 heavy (non-hydrogen) atoms. The van der Waals surface area contributed by atoms with Crippen molar-refractivity contribution < 1.29 is 14.4 Å². The molecule has 1 saturated heterocycles. The maximum atomic E-state index is 12.0. The molecule has 102 valence electrons. The molecule has 0 atom stereocenters. The first-order valence-corrected chi connectivity index (χ1v) is 6.22. The number of hydrogen-bond donors (Lipinski definition) is 0. The van der Waals surface area contributed by atoms with E-state index in [0.29, 0.717) is 12.1 Å². The molecular formula is C13H17N3O3. The highest BCUT2D eigenvalue weighted by Crippen LogP contribution is 2.08. The van der Waals surface area contributed by atoms with Gasteiger partial charge >= 0.3 is 0 Å². The fourth-order valence-corrected chi connectivity index (χ4v) is 2.07. The van der Waals surface area contributed by atoms with Crippen molar-refractivity contribution in [2.75, 3.05) is 26.2 Å². The number of ketones is 1. The van der Waals surface area contributed by atoms with Crippen LogP contribution >= 0.6 is 0 Å². The molecule has 1 aromatic heterocycles. The lowest BCUT2D eigenvalue weighted by Gasteiger charge is -2.32. The van der Waals surface area contributed by atoms with Crippen molar-refractivity contribution in [1.29, 1.82) is 0 Å². The molecule has 1 fully saturated rings. The first-order chi connectivity index (χ1) is 9.01. The van der Waals surface area contributed by atoms with Crippen LogP contribution in [0.5, 0.6) is 0 Å². The number of nitrogens with zero attached hydrogens (tertiary/aromatic N) is 3. The molecule has 1 aromatic rings. The summed E-state index contributed by atoms with van der Waals surface area (Å²) in [6.07, 6.45) is 3.48. The van der Waals surface area contributed by atoms with E-state index < -0.39 is 0 Å². The van der Waals surface area contributed by atoms with Crippen molar-refractivity contribution in [3.8, 4) is 0 Å². The average molecular weight is 263 g/mol. The minimum Gasteiger partial charge on any atom is -0.357 e. The van der Waals surface area contributed by atoms with E-state index in [-0.39, 0.29) is 37.2 Å². The number of hydrogen-bond acceptors (Lipinski definition) is 3. The quantitative estimate of drug-likeness (QED) is 0.713. The Balaban J connectivity index is 2.01. The summed E-state index contributed by atoms with van der Waals surface area (Å²) >= 11 is 0. The number of carbonyl (C=O) groups is 3. The van der Waals surface area contributed by atoms with E-state index in [0.717, 1.165) is 0 Å². The van der Waals surface area contributed by atoms with Crippen molar-refractivity contribution in [2.24, 2.45) is 7.05 Å². The smallest absolute Gasteiger partial charge is 0.243 e. The number of Topliss-reactive ketones (excluding diaryl/α,β-unsaturated/α-hetero) is 1. The number of carbonyl (C=O) groups excluding carboxylic acids is 3. The first kappa shape index (κ1) is 13.3. The lowest BCUT2D eigenvalue weighted by atomic mass is 10.2. The third kappa shape index (κ3) is 2.83. The molecule has 6 nitrogen and oxygen atoms in total. The SMILES string of the molecule is CCN1CC(=O)N(CC(=O)c2ccn(C)c2)CC1=O. The Morgan fingerprint density at radius 2 is 1.84 bits per heavy atom. The van der Waals surface area contributed by atoms with Crippen LogP contribution in [0.3, 0.4) is 0 Å². The average Bonchev–Trinajstić information content (AvgIpc) is 2.80. The zero-order valence-electron chi connectivity index (χ0n) is 11.1. The van der Waals surface area contributed by atoms with Crippen LogP contribution in [0.25, 0.3) is 0 Å². The highest BCUT2D eigenvalue weighted by atomic mass is 16.2. The topological polar surface area (TPSA) is 62.6 Å². The molecular weight excluding hydrogens is 246 g/mol. The summed E-state index contributed by atoms with van der Waals surface area (Å²) in [6.45, 7) is 2.37. The Morgan fingerprint density at radius 3 is 2.42 bits per heavy atom. The van der Waals surface area contributed by atoms with Gasteiger partial charge in [-0.25, -0.2) is 0 Å². The van der Waals surface area contributed by atoms with Gasteiger partial charge in [-0.3, -0.25) is 14.4 Å². The van der Waals surface area contributed by atoms with E-state index in [1.54, 1.807) is 23.0 Å². The van der Waals surface area contributed by atoms with Crippen LogP contribution < -0.4 is 0 Å². The number of piperazine rings is 1. The summed E-state index contributed by atoms with van der Waals surface area (Å²) in [5.74, 6) is -0.430. The number of amides is 2. The van der Waals surface area contributed by atoms with Crippen LogP contribution in [0.2, 0.25) is 0 Å². The summed E-state index contributed by atoms with van der Waals surface area (Å²) in [5.41, 5.74) is 0.556. The van der Waals surface area contributed by atoms with Gasteiger partial charge in [-0.15, -0.1) is 0 Å². The second kappa shape index (κ2) is 5.26. The van der Waals surface area contributed by atoms with Crippen LogP contribution in [0, 0.1) is 0 Å². The second-order valence-corrected chi connectivity index (χ2v) is 4.65. The van der Waals surface area contributed by atoms with Gasteiger partial charge < -0.3 is 14.4 Å². The third-order valence-corrected chi connectivity index (χ3v) is 3.23. The minimum atomic E-state index is -0.175. The Hall–Kier alpha value is -2.11. The highest BCUT2D eigenvalue weighted by Gasteiger charge is 2.30. The molecule has 0 saturated carbocycles. The van der Waals surface area contributed by atoms with Crippen LogP contribution in [-0.2, 0) is 16.6 Å². The number of aromatic nitrogens is 1. The van der Waals surface area contributed by atoms with Crippen molar-refractivity contribution >= 4 is 17.6 Å². The molecule has 2 rings (SSSR count). The molecule has 0 aliphatic carbocycles. The molecule has 0 unspecified atom stereocenters. The zero-order valence-corrected chi connectivity index (χ0v) is 11.1. The van der Waals surface area contributed by atoms with Gasteiger partial charge in [-0.1, -0.05) is 0 Å². The standard InChI is InChI=1S/C13H17N3O3/c1-3-15-8-13(19)16(9-12(15)18)7-11(17)10-4-5-14(2)6-10/h4-6H,3,7-9H2,1-2H3. The van der Waals surface area contributed by atoms with E-state index in [4.69, 9.17) is 0 Å². The summed E-state index contributed by atoms with van der Waals surface area (Å²) in [5, 5.41) is 0. The zero-order chi connectivity index (χ0) is 14.0. The van der Waals surface area contributed by atoms with E-state index in [9.17, 15) is 14.4 Å². The van der Waals surface area contributed by atoms with E-state index in [1.807, 2.05) is 14.0 Å². The maximum absolute atomic E-state index is 12.0. The van der Waals surface area contributed by atoms with E-state index in [2.05, 4.69) is 0 Å². The minimum absolute atomic E-state index is 0.00868. The van der Waals surface area contributed by atoms with E-state index >= 15 is 0 Å². The van der Waals surface area contributed by atoms with Crippen molar-refractivity contribution in [3.05, 3.63) is 24.0 Å². The molecule has 0 aromatic carbocycles. The lowest BCUT2D eigenvalue weighted by molar-refractivity contribution is -0.149. The molecule has 1 aliphatic rings. The summed E-state index contributed by atoms with van der Waals surface area (Å²) < 4.78 is 1.77. The summed E-state index contributed by atoms with van der Waals surface area (Å²) in [4.78, 5) is 38.4. The van der Waals surface area contributed by atoms with Gasteiger partial charge in [-0.05, 0) is 13.0 Å². The monoisotopic (exact) mass is 263 g/mol. The molecule has 2 heterocycles. The fraction of sp³-hybridized carbons (Fsp3) is 0.462. The highest BCUT2D eigenvalue weighted by molar-refractivity contribution is 6.01. The van der Waals surface area contributed by atoms with Crippen LogP contribution in [0.4, 0.5) is 0 Å². The Kier molecular flexibility index (Phi) is 3.69. The second-order valence-electron chi connectivity index (χ2n) is 4.65. The lowest BCUT2D eigenvalue weighted by Crippen LogP contribution is -2.54. The van der Waals surface area contributed by atoms with E-state index in [1.165, 1.54) is 9.80 Å². The number of rotatable bonds is 4. The molecule has 0 bridgehead atoms. The predicted molar refractivity (Wildman–Crippen MR) is 68.6 cm³/mol. The van der Waals surface area contributed by atoms with Gasteiger partial charge in [0.1, 0.15) is 6.54 Å². The van der Waals surface area contributed by atoms with Crippen molar-refractivity contribution in [3.63, 3.8) is 0 Å². The van der Waals surface area contributed by atoms with Gasteiger partial charge in [0.2, 0.25) is 11.8 Å². The Labute approximate surface area is 111 Å². The Morgan fingerprint density at radius 1 is 1.21 bits per heavy atom. The van der Waals surface area contributed by atoms with Gasteiger partial charge in [0, 0.05) is 31.5 Å². The largest absolute Gasteiger partial charge is 0.357 e. The van der Waals surface area contributed by atoms with Crippen LogP contribution in [-0.4, -0.2) is 58.1 Å². The molecule has 0 N–H and O–H groups in total. The maximum Gasteiger partial charge on any atom is 0.243 e. The first-order valence-electron chi connectivity index (χ1n) is 6.22. The van der Waals surface area contributed by atoms with Gasteiger partial charge in [0.05, 0.1) is 13.1 Å². The predicted octanol–water partition coefficient (Wildman–Crippen LogP) is -0.102. The summed E-state index contributed by atoms with van der Waals surface area (Å²) in [7, 11) is 1.82. The van der Waals surface area contributed by atoms with Crippen LogP contribution in [0.15, 0.2) is 18.5 Å². The number of likely N-dealkylation sites (N-methyl/N-ethyl adjacent to an activating group) is 1. The molecule has 1 aliphatic heterocycles. The number of aryl methyl sites for hydroxylation is 1. The van der Waals surface area contributed by atoms with Gasteiger partial charge in [0.25, 0.3) is 0 Å². The third-order valence-electron chi connectivity index (χ3n) is 3.23. The van der Waals surface area contributed by atoms with Crippen LogP contribution in [0.1, 0.15) is 17.3 Å². The fourth-order valence-electron chi connectivity index (χ4n) is 2.07.